The minimum atomic E-state index is -0.981. The summed E-state index contributed by atoms with van der Waals surface area (Å²) in [7, 11) is 0. The van der Waals surface area contributed by atoms with Gasteiger partial charge in [-0.05, 0) is 35.7 Å². The molecule has 0 radical (unpaired) electrons. The molecule has 1 aromatic heterocycles. The number of benzene rings is 1. The van der Waals surface area contributed by atoms with E-state index in [1.807, 2.05) is 43.3 Å². The Morgan fingerprint density at radius 3 is 2.62 bits per heavy atom. The number of ether oxygens (including phenoxy) is 1. The van der Waals surface area contributed by atoms with Gasteiger partial charge in [0.25, 0.3) is 0 Å². The number of Topliss-reactive ketones (excluding diaryl/α,β-unsaturated/α-hetero) is 1. The van der Waals surface area contributed by atoms with E-state index in [0.29, 0.717) is 17.4 Å². The number of hydrogen-bond acceptors (Lipinski definition) is 5. The number of nitrogens with zero attached hydrogens (tertiary/aromatic N) is 1. The summed E-state index contributed by atoms with van der Waals surface area (Å²) >= 11 is 0. The molecule has 3 saturated heterocycles. The van der Waals surface area contributed by atoms with Crippen LogP contribution in [0.2, 0.25) is 0 Å². The Labute approximate surface area is 198 Å². The minimum absolute atomic E-state index is 0.0732. The molecule has 2 amide bonds. The fraction of sp³-hybridized carbons (Fsp3) is 0.444. The van der Waals surface area contributed by atoms with Crippen molar-refractivity contribution in [3.05, 3.63) is 66.1 Å². The molecule has 2 aromatic rings. The molecule has 176 valence electrons. The Bertz CT molecular complexity index is 1180. The number of ketones is 1. The van der Waals surface area contributed by atoms with Gasteiger partial charge in [0.15, 0.2) is 0 Å². The number of anilines is 1. The summed E-state index contributed by atoms with van der Waals surface area (Å²) in [5.74, 6) is -1.05. The average Bonchev–Trinajstić information content (AvgIpc) is 3.59. The standard InChI is InChI=1S/C27H28N2O5/c1-14(2)16-6-8-17(9-7-16)28-25(31)22-21-10-11-27(34-21)23(22)26(32)29-18(20-5-4-12-33-20)13-19(30)15(3)24(27)29/h4-12,14-15,18,21-24H,13H2,1-3H3,(H,28,31)/t15-,18-,21+,22-,23+,24+,27+/m1/s1. The first-order chi connectivity index (χ1) is 16.3. The summed E-state index contributed by atoms with van der Waals surface area (Å²) < 4.78 is 12.0. The highest BCUT2D eigenvalue weighted by Crippen LogP contribution is 2.60. The molecule has 6 rings (SSSR count). The SMILES string of the molecule is CC(C)c1ccc(NC(=O)[C@@H]2[C@@H]3C=C[C@]4(O3)[C@@H]2C(=O)N2[C@@H](c3ccco3)CC(=O)[C@@H](C)[C@H]24)cc1. The molecule has 7 atom stereocenters. The van der Waals surface area contributed by atoms with Gasteiger partial charge in [-0.2, -0.15) is 0 Å². The number of fused-ring (bicyclic) bond motifs is 2. The van der Waals surface area contributed by atoms with Crippen LogP contribution in [-0.2, 0) is 19.1 Å². The highest BCUT2D eigenvalue weighted by molar-refractivity contribution is 6.00. The van der Waals surface area contributed by atoms with Crippen molar-refractivity contribution in [1.82, 2.24) is 4.90 Å². The minimum Gasteiger partial charge on any atom is -0.467 e. The highest BCUT2D eigenvalue weighted by Gasteiger charge is 2.74. The lowest BCUT2D eigenvalue weighted by Gasteiger charge is -2.43. The van der Waals surface area contributed by atoms with Crippen LogP contribution in [-0.4, -0.2) is 40.2 Å². The van der Waals surface area contributed by atoms with Crippen molar-refractivity contribution in [1.29, 1.82) is 0 Å². The maximum Gasteiger partial charge on any atom is 0.231 e. The number of amides is 2. The zero-order chi connectivity index (χ0) is 23.8. The van der Waals surface area contributed by atoms with Gasteiger partial charge in [0.2, 0.25) is 11.8 Å². The number of piperidine rings is 1. The summed E-state index contributed by atoms with van der Waals surface area (Å²) in [6.45, 7) is 6.10. The van der Waals surface area contributed by atoms with Gasteiger partial charge in [-0.15, -0.1) is 0 Å². The summed E-state index contributed by atoms with van der Waals surface area (Å²) in [6.07, 6.45) is 5.06. The summed E-state index contributed by atoms with van der Waals surface area (Å²) in [6, 6.07) is 10.4. The molecule has 0 unspecified atom stereocenters. The third kappa shape index (κ3) is 2.83. The fourth-order valence-electron chi connectivity index (χ4n) is 6.44. The summed E-state index contributed by atoms with van der Waals surface area (Å²) in [5.41, 5.74) is 0.898. The van der Waals surface area contributed by atoms with E-state index in [4.69, 9.17) is 9.15 Å². The third-order valence-electron chi connectivity index (χ3n) is 8.10. The topological polar surface area (TPSA) is 88.8 Å². The van der Waals surface area contributed by atoms with Gasteiger partial charge in [0, 0.05) is 18.0 Å². The second-order valence-electron chi connectivity index (χ2n) is 10.2. The van der Waals surface area contributed by atoms with Crippen LogP contribution in [0, 0.1) is 17.8 Å². The third-order valence-corrected chi connectivity index (χ3v) is 8.10. The molecule has 3 fully saturated rings. The molecule has 7 nitrogen and oxygen atoms in total. The molecule has 34 heavy (non-hydrogen) atoms. The van der Waals surface area contributed by atoms with Crippen LogP contribution < -0.4 is 5.32 Å². The zero-order valence-electron chi connectivity index (χ0n) is 19.4. The first-order valence-electron chi connectivity index (χ1n) is 12.0. The van der Waals surface area contributed by atoms with E-state index in [-0.39, 0.29) is 24.0 Å². The molecule has 4 aliphatic heterocycles. The van der Waals surface area contributed by atoms with Crippen LogP contribution in [0.25, 0.3) is 0 Å². The smallest absolute Gasteiger partial charge is 0.231 e. The monoisotopic (exact) mass is 460 g/mol. The van der Waals surface area contributed by atoms with Crippen molar-refractivity contribution in [3.63, 3.8) is 0 Å². The second kappa shape index (κ2) is 7.40. The van der Waals surface area contributed by atoms with Crippen LogP contribution in [0.3, 0.4) is 0 Å². The van der Waals surface area contributed by atoms with Crippen LogP contribution in [0.5, 0.6) is 0 Å². The molecule has 1 N–H and O–H groups in total. The predicted molar refractivity (Wildman–Crippen MR) is 124 cm³/mol. The van der Waals surface area contributed by atoms with Crippen molar-refractivity contribution in [2.75, 3.05) is 5.32 Å². The Hall–Kier alpha value is -3.19. The predicted octanol–water partition coefficient (Wildman–Crippen LogP) is 3.84. The Balaban J connectivity index is 1.34. The van der Waals surface area contributed by atoms with E-state index < -0.39 is 41.5 Å². The number of nitrogens with one attached hydrogen (secondary N) is 1. The molecule has 7 heteroatoms. The lowest BCUT2D eigenvalue weighted by molar-refractivity contribution is -0.147. The molecule has 5 heterocycles. The van der Waals surface area contributed by atoms with Crippen molar-refractivity contribution < 1.29 is 23.5 Å². The van der Waals surface area contributed by atoms with Gasteiger partial charge in [-0.1, -0.05) is 45.1 Å². The first kappa shape index (κ1) is 21.4. The molecule has 0 aliphatic carbocycles. The average molecular weight is 461 g/mol. The van der Waals surface area contributed by atoms with Crippen molar-refractivity contribution in [3.8, 4) is 0 Å². The van der Waals surface area contributed by atoms with Gasteiger partial charge in [-0.3, -0.25) is 14.4 Å². The Morgan fingerprint density at radius 2 is 1.94 bits per heavy atom. The van der Waals surface area contributed by atoms with Crippen molar-refractivity contribution in [2.45, 2.75) is 56.9 Å². The van der Waals surface area contributed by atoms with Crippen molar-refractivity contribution in [2.24, 2.45) is 17.8 Å². The largest absolute Gasteiger partial charge is 0.467 e. The number of hydrogen-bond donors (Lipinski definition) is 1. The van der Waals surface area contributed by atoms with Crippen LogP contribution >= 0.6 is 0 Å². The van der Waals surface area contributed by atoms with Crippen LogP contribution in [0.15, 0.2) is 59.2 Å². The number of carbonyl (C=O) groups is 3. The molecule has 1 aromatic carbocycles. The number of rotatable bonds is 4. The maximum atomic E-state index is 13.9. The van der Waals surface area contributed by atoms with E-state index in [9.17, 15) is 14.4 Å². The second-order valence-corrected chi connectivity index (χ2v) is 10.2. The lowest BCUT2D eigenvalue weighted by atomic mass is 9.70. The fourth-order valence-corrected chi connectivity index (χ4v) is 6.44. The first-order valence-corrected chi connectivity index (χ1v) is 12.0. The number of carbonyl (C=O) groups excluding carboxylic acids is 3. The van der Waals surface area contributed by atoms with Crippen molar-refractivity contribution >= 4 is 23.3 Å². The maximum absolute atomic E-state index is 13.9. The molecule has 4 aliphatic rings. The van der Waals surface area contributed by atoms with E-state index in [1.54, 1.807) is 23.3 Å². The molecular weight excluding hydrogens is 432 g/mol. The van der Waals surface area contributed by atoms with Crippen LogP contribution in [0.4, 0.5) is 5.69 Å². The Kier molecular flexibility index (Phi) is 4.65. The van der Waals surface area contributed by atoms with E-state index in [2.05, 4.69) is 19.2 Å². The lowest BCUT2D eigenvalue weighted by Crippen LogP contribution is -2.55. The summed E-state index contributed by atoms with van der Waals surface area (Å²) in [4.78, 5) is 42.2. The van der Waals surface area contributed by atoms with Gasteiger partial charge in [0.1, 0.15) is 17.1 Å². The highest BCUT2D eigenvalue weighted by atomic mass is 16.5. The van der Waals surface area contributed by atoms with Gasteiger partial charge in [-0.25, -0.2) is 0 Å². The van der Waals surface area contributed by atoms with Gasteiger partial charge >= 0.3 is 0 Å². The Morgan fingerprint density at radius 1 is 1.18 bits per heavy atom. The summed E-state index contributed by atoms with van der Waals surface area (Å²) in [5, 5.41) is 3.00. The quantitative estimate of drug-likeness (QED) is 0.701. The normalized spacial score (nSPS) is 35.7. The van der Waals surface area contributed by atoms with Crippen LogP contribution in [0.1, 0.15) is 50.5 Å². The molecule has 2 bridgehead atoms. The number of furan rings is 1. The zero-order valence-corrected chi connectivity index (χ0v) is 19.4. The van der Waals surface area contributed by atoms with E-state index in [1.165, 1.54) is 5.56 Å². The van der Waals surface area contributed by atoms with Gasteiger partial charge in [0.05, 0.1) is 36.3 Å². The molecule has 1 spiro atoms. The van der Waals surface area contributed by atoms with Gasteiger partial charge < -0.3 is 19.4 Å². The molecule has 0 saturated carbocycles. The molecular formula is C27H28N2O5. The van der Waals surface area contributed by atoms with E-state index >= 15 is 0 Å². The van der Waals surface area contributed by atoms with E-state index in [0.717, 1.165) is 0 Å².